The van der Waals surface area contributed by atoms with E-state index < -0.39 is 6.10 Å². The lowest BCUT2D eigenvalue weighted by molar-refractivity contribution is -0.200. The fourth-order valence-electron chi connectivity index (χ4n) is 2.27. The molecular formula is C11H18O3. The quantitative estimate of drug-likeness (QED) is 0.679. The number of hydrogen-bond donors (Lipinski definition) is 1. The predicted molar refractivity (Wildman–Crippen MR) is 53.1 cm³/mol. The molecule has 2 heterocycles. The Balaban J connectivity index is 1.95. The first kappa shape index (κ1) is 10.1. The minimum atomic E-state index is -0.396. The summed E-state index contributed by atoms with van der Waals surface area (Å²) < 4.78 is 11.4. The highest BCUT2D eigenvalue weighted by molar-refractivity contribution is 4.90. The number of aliphatic hydroxyl groups is 1. The summed E-state index contributed by atoms with van der Waals surface area (Å²) in [6, 6.07) is 0. The van der Waals surface area contributed by atoms with Crippen LogP contribution >= 0.6 is 0 Å². The van der Waals surface area contributed by atoms with Crippen LogP contribution in [0.2, 0.25) is 0 Å². The van der Waals surface area contributed by atoms with Crippen LogP contribution in [0.1, 0.15) is 25.7 Å². The smallest absolute Gasteiger partial charge is 0.0874 e. The van der Waals surface area contributed by atoms with Crippen molar-refractivity contribution < 1.29 is 14.6 Å². The van der Waals surface area contributed by atoms with Crippen molar-refractivity contribution in [1.29, 1.82) is 0 Å². The topological polar surface area (TPSA) is 38.7 Å². The molecule has 0 saturated carbocycles. The Bertz CT molecular complexity index is 205. The Morgan fingerprint density at radius 2 is 2.29 bits per heavy atom. The van der Waals surface area contributed by atoms with Gasteiger partial charge in [-0.1, -0.05) is 6.08 Å². The Kier molecular flexibility index (Phi) is 3.21. The maximum Gasteiger partial charge on any atom is 0.0874 e. The van der Waals surface area contributed by atoms with Gasteiger partial charge in [0.2, 0.25) is 0 Å². The molecule has 4 atom stereocenters. The monoisotopic (exact) mass is 198 g/mol. The van der Waals surface area contributed by atoms with Crippen molar-refractivity contribution in [3.8, 4) is 0 Å². The van der Waals surface area contributed by atoms with Gasteiger partial charge in [0, 0.05) is 13.0 Å². The minimum absolute atomic E-state index is 0.0737. The zero-order valence-electron chi connectivity index (χ0n) is 8.39. The Morgan fingerprint density at radius 1 is 1.43 bits per heavy atom. The average Bonchev–Trinajstić information content (AvgIpc) is 2.19. The number of ether oxygens (including phenoxy) is 2. The van der Waals surface area contributed by atoms with Crippen molar-refractivity contribution in [1.82, 2.24) is 0 Å². The van der Waals surface area contributed by atoms with Gasteiger partial charge in [0.25, 0.3) is 0 Å². The van der Waals surface area contributed by atoms with E-state index >= 15 is 0 Å². The maximum absolute atomic E-state index is 9.79. The van der Waals surface area contributed by atoms with Crippen molar-refractivity contribution in [2.24, 2.45) is 0 Å². The lowest BCUT2D eigenvalue weighted by atomic mass is 9.92. The standard InChI is InChI=1S/C11H18O3/c1-2-4-9-8(12)7-11-10(14-9)5-3-6-13-11/h2,8-12H,1,3-7H2/t8-,9+,10-,11+/m1/s1. The second-order valence-electron chi connectivity index (χ2n) is 4.09. The molecule has 2 aliphatic rings. The molecule has 0 aliphatic carbocycles. The van der Waals surface area contributed by atoms with Crippen LogP contribution in [0.25, 0.3) is 0 Å². The van der Waals surface area contributed by atoms with Crippen LogP contribution in [0.5, 0.6) is 0 Å². The molecule has 0 radical (unpaired) electrons. The first-order valence-corrected chi connectivity index (χ1v) is 5.37. The summed E-state index contributed by atoms with van der Waals surface area (Å²) in [5.41, 5.74) is 0. The number of rotatable bonds is 2. The zero-order chi connectivity index (χ0) is 9.97. The van der Waals surface area contributed by atoms with Gasteiger partial charge in [0.15, 0.2) is 0 Å². The summed E-state index contributed by atoms with van der Waals surface area (Å²) in [6.45, 7) is 4.48. The van der Waals surface area contributed by atoms with Gasteiger partial charge in [-0.05, 0) is 19.3 Å². The lowest BCUT2D eigenvalue weighted by Crippen LogP contribution is -2.49. The van der Waals surface area contributed by atoms with Crippen LogP contribution < -0.4 is 0 Å². The largest absolute Gasteiger partial charge is 0.390 e. The number of aliphatic hydroxyl groups excluding tert-OH is 1. The van der Waals surface area contributed by atoms with Gasteiger partial charge >= 0.3 is 0 Å². The lowest BCUT2D eigenvalue weighted by Gasteiger charge is -2.41. The van der Waals surface area contributed by atoms with E-state index in [1.807, 2.05) is 0 Å². The van der Waals surface area contributed by atoms with Gasteiger partial charge in [-0.25, -0.2) is 0 Å². The molecule has 0 aromatic carbocycles. The van der Waals surface area contributed by atoms with E-state index in [9.17, 15) is 5.11 Å². The number of hydrogen-bond acceptors (Lipinski definition) is 3. The van der Waals surface area contributed by atoms with E-state index in [1.54, 1.807) is 6.08 Å². The predicted octanol–water partition coefficient (Wildman–Crippen LogP) is 1.26. The maximum atomic E-state index is 9.79. The Labute approximate surface area is 84.7 Å². The fourth-order valence-corrected chi connectivity index (χ4v) is 2.27. The van der Waals surface area contributed by atoms with Crippen molar-refractivity contribution in [3.05, 3.63) is 12.7 Å². The van der Waals surface area contributed by atoms with E-state index in [-0.39, 0.29) is 18.3 Å². The van der Waals surface area contributed by atoms with Gasteiger partial charge < -0.3 is 14.6 Å². The molecule has 2 fully saturated rings. The van der Waals surface area contributed by atoms with E-state index in [0.717, 1.165) is 25.9 Å². The molecule has 0 aromatic heterocycles. The molecule has 0 spiro atoms. The summed E-state index contributed by atoms with van der Waals surface area (Å²) >= 11 is 0. The van der Waals surface area contributed by atoms with Gasteiger partial charge in [0.05, 0.1) is 24.4 Å². The third kappa shape index (κ3) is 2.00. The third-order valence-electron chi connectivity index (χ3n) is 3.03. The highest BCUT2D eigenvalue weighted by atomic mass is 16.6. The second-order valence-corrected chi connectivity index (χ2v) is 4.09. The molecule has 3 nitrogen and oxygen atoms in total. The summed E-state index contributed by atoms with van der Waals surface area (Å²) in [6.07, 6.45) is 5.20. The van der Waals surface area contributed by atoms with Crippen LogP contribution in [0.3, 0.4) is 0 Å². The molecule has 2 aliphatic heterocycles. The zero-order valence-corrected chi connectivity index (χ0v) is 8.39. The molecule has 0 bridgehead atoms. The van der Waals surface area contributed by atoms with Crippen LogP contribution in [0.15, 0.2) is 12.7 Å². The summed E-state index contributed by atoms with van der Waals surface area (Å²) in [7, 11) is 0. The van der Waals surface area contributed by atoms with Crippen LogP contribution in [0.4, 0.5) is 0 Å². The highest BCUT2D eigenvalue weighted by Crippen LogP contribution is 2.30. The molecule has 2 rings (SSSR count). The SMILES string of the molecule is C=CC[C@@H]1O[C@@H]2CCCO[C@H]2C[C@H]1O. The summed E-state index contributed by atoms with van der Waals surface area (Å²) in [5, 5.41) is 9.79. The van der Waals surface area contributed by atoms with Crippen LogP contribution in [-0.2, 0) is 9.47 Å². The molecule has 0 amide bonds. The summed E-state index contributed by atoms with van der Waals surface area (Å²) in [4.78, 5) is 0. The van der Waals surface area contributed by atoms with Gasteiger partial charge in [-0.2, -0.15) is 0 Å². The van der Waals surface area contributed by atoms with Crippen LogP contribution in [-0.4, -0.2) is 36.1 Å². The van der Waals surface area contributed by atoms with Crippen molar-refractivity contribution in [2.75, 3.05) is 6.61 Å². The van der Waals surface area contributed by atoms with Gasteiger partial charge in [-0.3, -0.25) is 0 Å². The van der Waals surface area contributed by atoms with E-state index in [0.29, 0.717) is 6.42 Å². The second kappa shape index (κ2) is 4.43. The summed E-state index contributed by atoms with van der Waals surface area (Å²) in [5.74, 6) is 0. The molecule has 0 unspecified atom stereocenters. The molecular weight excluding hydrogens is 180 g/mol. The normalized spacial score (nSPS) is 42.9. The van der Waals surface area contributed by atoms with Crippen LogP contribution in [0, 0.1) is 0 Å². The van der Waals surface area contributed by atoms with E-state index in [1.165, 1.54) is 0 Å². The minimum Gasteiger partial charge on any atom is -0.390 e. The molecule has 3 heteroatoms. The highest BCUT2D eigenvalue weighted by Gasteiger charge is 2.38. The molecule has 0 aromatic rings. The number of fused-ring (bicyclic) bond motifs is 1. The van der Waals surface area contributed by atoms with Gasteiger partial charge in [0.1, 0.15) is 0 Å². The first-order valence-electron chi connectivity index (χ1n) is 5.37. The molecule has 2 saturated heterocycles. The average molecular weight is 198 g/mol. The van der Waals surface area contributed by atoms with Crippen molar-refractivity contribution in [2.45, 2.75) is 50.1 Å². The molecule has 14 heavy (non-hydrogen) atoms. The Hall–Kier alpha value is -0.380. The van der Waals surface area contributed by atoms with Crippen molar-refractivity contribution >= 4 is 0 Å². The van der Waals surface area contributed by atoms with E-state index in [4.69, 9.17) is 9.47 Å². The Morgan fingerprint density at radius 3 is 3.07 bits per heavy atom. The molecule has 1 N–H and O–H groups in total. The van der Waals surface area contributed by atoms with E-state index in [2.05, 4.69) is 6.58 Å². The third-order valence-corrected chi connectivity index (χ3v) is 3.03. The molecule has 80 valence electrons. The first-order chi connectivity index (χ1) is 6.81. The van der Waals surface area contributed by atoms with Crippen molar-refractivity contribution in [3.63, 3.8) is 0 Å². The fraction of sp³-hybridized carbons (Fsp3) is 0.818. The van der Waals surface area contributed by atoms with Gasteiger partial charge in [-0.15, -0.1) is 6.58 Å².